The van der Waals surface area contributed by atoms with Gasteiger partial charge >= 0.3 is 0 Å². The molecule has 1 atom stereocenters. The maximum absolute atomic E-state index is 12.4. The highest BCUT2D eigenvalue weighted by atomic mass is 32.1. The van der Waals surface area contributed by atoms with Gasteiger partial charge in [-0.15, -0.1) is 0 Å². The lowest BCUT2D eigenvalue weighted by atomic mass is 10.0. The van der Waals surface area contributed by atoms with E-state index in [1.165, 1.54) is 0 Å². The van der Waals surface area contributed by atoms with Crippen molar-refractivity contribution in [2.45, 2.75) is 26.8 Å². The van der Waals surface area contributed by atoms with E-state index in [2.05, 4.69) is 15.5 Å². The zero-order chi connectivity index (χ0) is 15.6. The van der Waals surface area contributed by atoms with E-state index in [4.69, 9.17) is 12.2 Å². The number of aryl methyl sites for hydroxylation is 1. The van der Waals surface area contributed by atoms with Crippen LogP contribution in [0.15, 0.2) is 24.3 Å². The molecule has 1 aromatic carbocycles. The van der Waals surface area contributed by atoms with Crippen molar-refractivity contribution in [2.24, 2.45) is 13.0 Å². The monoisotopic (exact) mass is 304 g/mol. The van der Waals surface area contributed by atoms with Gasteiger partial charge in [-0.1, -0.05) is 31.5 Å². The molecule has 5 nitrogen and oxygen atoms in total. The summed E-state index contributed by atoms with van der Waals surface area (Å²) in [5.74, 6) is 0.824. The molecule has 1 unspecified atom stereocenters. The Balaban J connectivity index is 2.27. The van der Waals surface area contributed by atoms with Gasteiger partial charge in [-0.25, -0.2) is 0 Å². The first-order chi connectivity index (χ1) is 9.90. The maximum Gasteiger partial charge on any atom is 0.251 e. The van der Waals surface area contributed by atoms with Crippen LogP contribution in [0.2, 0.25) is 0 Å². The smallest absolute Gasteiger partial charge is 0.251 e. The number of hydrogen-bond donors (Lipinski definition) is 2. The number of amides is 1. The van der Waals surface area contributed by atoms with E-state index in [1.54, 1.807) is 4.57 Å². The Morgan fingerprint density at radius 1 is 1.43 bits per heavy atom. The van der Waals surface area contributed by atoms with Crippen molar-refractivity contribution >= 4 is 18.1 Å². The van der Waals surface area contributed by atoms with Gasteiger partial charge in [-0.3, -0.25) is 9.89 Å². The molecule has 6 heteroatoms. The Morgan fingerprint density at radius 2 is 2.14 bits per heavy atom. The number of carbonyl (C=O) groups excluding carboxylic acids is 1. The average molecular weight is 304 g/mol. The van der Waals surface area contributed by atoms with Crippen molar-refractivity contribution in [1.29, 1.82) is 0 Å². The second-order valence-electron chi connectivity index (χ2n) is 5.51. The van der Waals surface area contributed by atoms with E-state index in [0.29, 0.717) is 10.3 Å². The Bertz CT molecular complexity index is 702. The molecular weight excluding hydrogens is 284 g/mol. The van der Waals surface area contributed by atoms with Crippen LogP contribution in [0.4, 0.5) is 0 Å². The van der Waals surface area contributed by atoms with Crippen molar-refractivity contribution in [1.82, 2.24) is 20.1 Å². The third-order valence-corrected chi connectivity index (χ3v) is 3.79. The fourth-order valence-corrected chi connectivity index (χ4v) is 2.32. The zero-order valence-electron chi connectivity index (χ0n) is 12.7. The minimum absolute atomic E-state index is 0.105. The first kappa shape index (κ1) is 15.4. The number of aromatic nitrogens is 3. The Hall–Kier alpha value is -1.95. The molecule has 0 spiro atoms. The minimum atomic E-state index is -0.198. The third-order valence-electron chi connectivity index (χ3n) is 3.43. The molecule has 1 heterocycles. The SMILES string of the molecule is Cc1cccc(C(=O)NC(c2n[nH]c(=S)n2C)C(C)C)c1. The van der Waals surface area contributed by atoms with Gasteiger partial charge in [0.2, 0.25) is 0 Å². The van der Waals surface area contributed by atoms with Gasteiger partial charge in [0.05, 0.1) is 6.04 Å². The number of hydrogen-bond acceptors (Lipinski definition) is 3. The van der Waals surface area contributed by atoms with E-state index in [-0.39, 0.29) is 17.9 Å². The van der Waals surface area contributed by atoms with Gasteiger partial charge in [0.1, 0.15) is 0 Å². The van der Waals surface area contributed by atoms with Gasteiger partial charge in [0.15, 0.2) is 10.6 Å². The molecule has 1 amide bonds. The van der Waals surface area contributed by atoms with E-state index in [0.717, 1.165) is 11.4 Å². The second-order valence-corrected chi connectivity index (χ2v) is 5.90. The normalized spacial score (nSPS) is 12.4. The summed E-state index contributed by atoms with van der Waals surface area (Å²) in [5.41, 5.74) is 1.71. The topological polar surface area (TPSA) is 62.7 Å². The molecular formula is C15H20N4OS. The minimum Gasteiger partial charge on any atom is -0.342 e. The molecule has 1 aromatic heterocycles. The molecule has 0 aliphatic heterocycles. The molecule has 0 bridgehead atoms. The van der Waals surface area contributed by atoms with Crippen LogP contribution in [0.25, 0.3) is 0 Å². The molecule has 112 valence electrons. The lowest BCUT2D eigenvalue weighted by Crippen LogP contribution is -2.33. The van der Waals surface area contributed by atoms with Crippen LogP contribution in [0, 0.1) is 17.6 Å². The summed E-state index contributed by atoms with van der Waals surface area (Å²) in [6.45, 7) is 6.05. The molecule has 2 rings (SSSR count). The first-order valence-electron chi connectivity index (χ1n) is 6.89. The lowest BCUT2D eigenvalue weighted by molar-refractivity contribution is 0.0922. The Morgan fingerprint density at radius 3 is 2.67 bits per heavy atom. The van der Waals surface area contributed by atoms with Crippen LogP contribution in [0.1, 0.15) is 41.6 Å². The molecule has 0 radical (unpaired) electrons. The van der Waals surface area contributed by atoms with Gasteiger partial charge in [-0.2, -0.15) is 5.10 Å². The van der Waals surface area contributed by atoms with Gasteiger partial charge in [0.25, 0.3) is 5.91 Å². The van der Waals surface area contributed by atoms with Crippen molar-refractivity contribution in [3.05, 3.63) is 46.0 Å². The summed E-state index contributed by atoms with van der Waals surface area (Å²) in [5, 5.41) is 10.0. The predicted octanol–water partition coefficient (Wildman–Crippen LogP) is 2.91. The Labute approximate surface area is 129 Å². The maximum atomic E-state index is 12.4. The molecule has 0 aliphatic rings. The quantitative estimate of drug-likeness (QED) is 0.854. The third kappa shape index (κ3) is 3.39. The predicted molar refractivity (Wildman–Crippen MR) is 84.6 cm³/mol. The van der Waals surface area contributed by atoms with Crippen LogP contribution < -0.4 is 5.32 Å². The summed E-state index contributed by atoms with van der Waals surface area (Å²) in [6.07, 6.45) is 0. The standard InChI is InChI=1S/C15H20N4OS/c1-9(2)12(13-17-18-15(21)19(13)4)16-14(20)11-7-5-6-10(3)8-11/h5-9,12H,1-4H3,(H,16,20)(H,18,21). The van der Waals surface area contributed by atoms with Crippen LogP contribution in [0.5, 0.6) is 0 Å². The Kier molecular flexibility index (Phi) is 4.57. The number of benzene rings is 1. The highest BCUT2D eigenvalue weighted by Crippen LogP contribution is 2.20. The van der Waals surface area contributed by atoms with E-state index < -0.39 is 0 Å². The molecule has 2 N–H and O–H groups in total. The summed E-state index contributed by atoms with van der Waals surface area (Å²) in [6, 6.07) is 7.33. The van der Waals surface area contributed by atoms with Gasteiger partial charge in [0, 0.05) is 12.6 Å². The first-order valence-corrected chi connectivity index (χ1v) is 7.29. The van der Waals surface area contributed by atoms with Gasteiger partial charge < -0.3 is 9.88 Å². The highest BCUT2D eigenvalue weighted by molar-refractivity contribution is 7.71. The summed E-state index contributed by atoms with van der Waals surface area (Å²) in [4.78, 5) is 12.4. The van der Waals surface area contributed by atoms with E-state index >= 15 is 0 Å². The van der Waals surface area contributed by atoms with Crippen molar-refractivity contribution in [2.75, 3.05) is 0 Å². The fraction of sp³-hybridized carbons (Fsp3) is 0.400. The lowest BCUT2D eigenvalue weighted by Gasteiger charge is -2.21. The number of H-pyrrole nitrogens is 1. The largest absolute Gasteiger partial charge is 0.342 e. The number of aromatic amines is 1. The highest BCUT2D eigenvalue weighted by Gasteiger charge is 2.23. The van der Waals surface area contributed by atoms with E-state index in [1.807, 2.05) is 52.1 Å². The van der Waals surface area contributed by atoms with Crippen LogP contribution in [-0.4, -0.2) is 20.7 Å². The van der Waals surface area contributed by atoms with Crippen molar-refractivity contribution < 1.29 is 4.79 Å². The molecule has 0 saturated carbocycles. The molecule has 0 fully saturated rings. The van der Waals surface area contributed by atoms with Crippen molar-refractivity contribution in [3.8, 4) is 0 Å². The van der Waals surface area contributed by atoms with E-state index in [9.17, 15) is 4.79 Å². The van der Waals surface area contributed by atoms with Crippen LogP contribution in [0.3, 0.4) is 0 Å². The fourth-order valence-electron chi connectivity index (χ4n) is 2.18. The molecule has 0 aliphatic carbocycles. The summed E-state index contributed by atoms with van der Waals surface area (Å²) >= 11 is 5.14. The van der Waals surface area contributed by atoms with Gasteiger partial charge in [-0.05, 0) is 37.2 Å². The average Bonchev–Trinajstić information content (AvgIpc) is 2.76. The van der Waals surface area contributed by atoms with Crippen LogP contribution >= 0.6 is 12.2 Å². The molecule has 21 heavy (non-hydrogen) atoms. The zero-order valence-corrected chi connectivity index (χ0v) is 13.5. The number of nitrogens with one attached hydrogen (secondary N) is 2. The number of nitrogens with zero attached hydrogens (tertiary/aromatic N) is 2. The van der Waals surface area contributed by atoms with Crippen molar-refractivity contribution in [3.63, 3.8) is 0 Å². The molecule has 0 saturated heterocycles. The number of carbonyl (C=O) groups is 1. The molecule has 2 aromatic rings. The summed E-state index contributed by atoms with van der Waals surface area (Å²) < 4.78 is 2.33. The number of rotatable bonds is 4. The van der Waals surface area contributed by atoms with Crippen LogP contribution in [-0.2, 0) is 7.05 Å². The summed E-state index contributed by atoms with van der Waals surface area (Å²) in [7, 11) is 1.84. The second kappa shape index (κ2) is 6.22.